The molecule has 1 aliphatic heterocycles. The number of aliphatic hydroxyl groups is 1. The quantitative estimate of drug-likeness (QED) is 0.247. The van der Waals surface area contributed by atoms with Crippen LogP contribution < -0.4 is 0 Å². The van der Waals surface area contributed by atoms with Crippen LogP contribution in [-0.2, 0) is 0 Å². The van der Waals surface area contributed by atoms with E-state index in [9.17, 15) is 27.1 Å². The van der Waals surface area contributed by atoms with Crippen LogP contribution >= 0.6 is 0 Å². The summed E-state index contributed by atoms with van der Waals surface area (Å²) in [7, 11) is 0. The van der Waals surface area contributed by atoms with Gasteiger partial charge in [-0.2, -0.15) is 0 Å². The second kappa shape index (κ2) is 10.2. The largest absolute Gasteiger partial charge is 0.384 e. The number of hydrogen-bond acceptors (Lipinski definition) is 2. The lowest BCUT2D eigenvalue weighted by Crippen LogP contribution is -2.29. The van der Waals surface area contributed by atoms with Crippen LogP contribution in [0.5, 0.6) is 0 Å². The van der Waals surface area contributed by atoms with Crippen LogP contribution in [0.15, 0.2) is 73.0 Å². The molecule has 2 nitrogen and oxygen atoms in total. The Morgan fingerprint density at radius 3 is 2.13 bits per heavy atom. The van der Waals surface area contributed by atoms with Gasteiger partial charge in [0.05, 0.1) is 5.56 Å². The van der Waals surface area contributed by atoms with Gasteiger partial charge in [-0.05, 0) is 30.1 Å². The van der Waals surface area contributed by atoms with Crippen LogP contribution in [-0.4, -0.2) is 23.1 Å². The van der Waals surface area contributed by atoms with Crippen molar-refractivity contribution in [3.05, 3.63) is 108 Å². The topological polar surface area (TPSA) is 23.5 Å². The lowest BCUT2D eigenvalue weighted by atomic mass is 9.98. The van der Waals surface area contributed by atoms with E-state index in [4.69, 9.17) is 0 Å². The van der Waals surface area contributed by atoms with Gasteiger partial charge in [-0.15, -0.1) is 0 Å². The van der Waals surface area contributed by atoms with Crippen LogP contribution in [0.4, 0.5) is 22.0 Å². The van der Waals surface area contributed by atoms with Gasteiger partial charge in [-0.1, -0.05) is 50.1 Å². The maximum absolute atomic E-state index is 13.9. The van der Waals surface area contributed by atoms with Gasteiger partial charge in [0.25, 0.3) is 0 Å². The average molecular weight is 423 g/mol. The van der Waals surface area contributed by atoms with Crippen molar-refractivity contribution in [2.24, 2.45) is 0 Å². The first-order valence-corrected chi connectivity index (χ1v) is 9.18. The van der Waals surface area contributed by atoms with E-state index in [1.165, 1.54) is 6.08 Å². The molecule has 1 atom stereocenters. The molecule has 0 saturated carbocycles. The Morgan fingerprint density at radius 2 is 1.60 bits per heavy atom. The molecule has 1 aliphatic rings. The Balaban J connectivity index is 2.38. The molecule has 1 heterocycles. The maximum Gasteiger partial charge on any atom is 0.200 e. The van der Waals surface area contributed by atoms with Gasteiger partial charge in [0, 0.05) is 18.8 Å². The monoisotopic (exact) mass is 423 g/mol. The number of hydrogen-bond donors (Lipinski definition) is 1. The first kappa shape index (κ1) is 23.3. The molecule has 0 amide bonds. The third-order valence-electron chi connectivity index (χ3n) is 4.72. The Labute approximate surface area is 172 Å². The van der Waals surface area contributed by atoms with Crippen molar-refractivity contribution < 1.29 is 27.1 Å². The molecule has 7 heteroatoms. The molecule has 0 aromatic heterocycles. The average Bonchev–Trinajstić information content (AvgIpc) is 2.74. The van der Waals surface area contributed by atoms with E-state index in [-0.39, 0.29) is 0 Å². The first-order valence-electron chi connectivity index (χ1n) is 9.18. The third-order valence-corrected chi connectivity index (χ3v) is 4.72. The minimum absolute atomic E-state index is 0.522. The standard InChI is InChI=1S/C23H22F5NO/c1-4-8-14(5-2)13-29-12-7-9-15(16(29)6-3)10-11-17(30)18-19(24)21(26)23(28)22(27)20(18)25/h4-6,8,10-11,17,30H,1-3,7,9,12-13H2/b11-10+,14-8+. The van der Waals surface area contributed by atoms with E-state index in [0.717, 1.165) is 30.3 Å². The Hall–Kier alpha value is -2.93. The molecule has 0 fully saturated rings. The summed E-state index contributed by atoms with van der Waals surface area (Å²) in [6, 6.07) is 0. The molecular weight excluding hydrogens is 401 g/mol. The number of benzene rings is 1. The number of rotatable bonds is 8. The van der Waals surface area contributed by atoms with Gasteiger partial charge in [-0.3, -0.25) is 0 Å². The third kappa shape index (κ3) is 4.79. The lowest BCUT2D eigenvalue weighted by Gasteiger charge is -2.32. The highest BCUT2D eigenvalue weighted by Crippen LogP contribution is 2.30. The van der Waals surface area contributed by atoms with Crippen LogP contribution in [0.1, 0.15) is 24.5 Å². The van der Waals surface area contributed by atoms with Gasteiger partial charge in [0.1, 0.15) is 6.10 Å². The molecule has 1 aromatic carbocycles. The zero-order chi connectivity index (χ0) is 22.4. The molecule has 2 rings (SSSR count). The second-order valence-electron chi connectivity index (χ2n) is 6.61. The molecule has 1 aromatic rings. The van der Waals surface area contributed by atoms with Gasteiger partial charge < -0.3 is 10.0 Å². The molecule has 0 saturated heterocycles. The molecule has 30 heavy (non-hydrogen) atoms. The minimum Gasteiger partial charge on any atom is -0.384 e. The summed E-state index contributed by atoms with van der Waals surface area (Å²) in [5, 5.41) is 10.1. The predicted molar refractivity (Wildman–Crippen MR) is 107 cm³/mol. The van der Waals surface area contributed by atoms with E-state index in [0.29, 0.717) is 18.5 Å². The summed E-state index contributed by atoms with van der Waals surface area (Å²) in [6.07, 6.45) is 8.49. The van der Waals surface area contributed by atoms with E-state index < -0.39 is 40.8 Å². The van der Waals surface area contributed by atoms with Crippen molar-refractivity contribution >= 4 is 0 Å². The SMILES string of the molecule is C=C/C=C(\C=C)CN1CCCC(/C=C/C(O)c2c(F)c(F)c(F)c(F)c2F)=C1C=C. The van der Waals surface area contributed by atoms with Crippen LogP contribution in [0.3, 0.4) is 0 Å². The zero-order valence-electron chi connectivity index (χ0n) is 16.3. The lowest BCUT2D eigenvalue weighted by molar-refractivity contribution is 0.210. The van der Waals surface area contributed by atoms with Crippen molar-refractivity contribution in [1.29, 1.82) is 0 Å². The van der Waals surface area contributed by atoms with Crippen molar-refractivity contribution in [1.82, 2.24) is 4.90 Å². The predicted octanol–water partition coefficient (Wildman–Crippen LogP) is 5.81. The van der Waals surface area contributed by atoms with Gasteiger partial charge in [0.15, 0.2) is 23.3 Å². The van der Waals surface area contributed by atoms with E-state index in [1.54, 1.807) is 18.2 Å². The molecule has 0 spiro atoms. The van der Waals surface area contributed by atoms with E-state index >= 15 is 0 Å². The summed E-state index contributed by atoms with van der Waals surface area (Å²) < 4.78 is 67.8. The van der Waals surface area contributed by atoms with Crippen molar-refractivity contribution in [2.45, 2.75) is 18.9 Å². The Bertz CT molecular complexity index is 916. The fraction of sp³-hybridized carbons (Fsp3) is 0.217. The number of aliphatic hydroxyl groups excluding tert-OH is 1. The molecule has 1 unspecified atom stereocenters. The summed E-state index contributed by atoms with van der Waals surface area (Å²) in [5.74, 6) is -10.6. The highest BCUT2D eigenvalue weighted by molar-refractivity contribution is 5.37. The molecule has 0 aliphatic carbocycles. The van der Waals surface area contributed by atoms with E-state index in [2.05, 4.69) is 19.7 Å². The fourth-order valence-electron chi connectivity index (χ4n) is 3.25. The highest BCUT2D eigenvalue weighted by Gasteiger charge is 2.28. The van der Waals surface area contributed by atoms with Crippen LogP contribution in [0, 0.1) is 29.1 Å². The first-order chi connectivity index (χ1) is 14.3. The summed E-state index contributed by atoms with van der Waals surface area (Å²) >= 11 is 0. The summed E-state index contributed by atoms with van der Waals surface area (Å²) in [4.78, 5) is 2.01. The molecule has 160 valence electrons. The van der Waals surface area contributed by atoms with Crippen molar-refractivity contribution in [2.75, 3.05) is 13.1 Å². The Kier molecular flexibility index (Phi) is 7.94. The summed E-state index contributed by atoms with van der Waals surface area (Å²) in [6.45, 7) is 12.4. The van der Waals surface area contributed by atoms with Gasteiger partial charge in [0.2, 0.25) is 5.82 Å². The molecular formula is C23H22F5NO. The maximum atomic E-state index is 13.9. The smallest absolute Gasteiger partial charge is 0.200 e. The minimum atomic E-state index is -2.27. The van der Waals surface area contributed by atoms with Crippen molar-refractivity contribution in [3.63, 3.8) is 0 Å². The number of allylic oxidation sites excluding steroid dienone is 5. The summed E-state index contributed by atoms with van der Waals surface area (Å²) in [5.41, 5.74) is 1.06. The van der Waals surface area contributed by atoms with E-state index in [1.807, 2.05) is 11.0 Å². The fourth-order valence-corrected chi connectivity index (χ4v) is 3.25. The number of halogens is 5. The van der Waals surface area contributed by atoms with Crippen LogP contribution in [0.25, 0.3) is 0 Å². The van der Waals surface area contributed by atoms with Crippen LogP contribution in [0.2, 0.25) is 0 Å². The van der Waals surface area contributed by atoms with Gasteiger partial charge in [-0.25, -0.2) is 22.0 Å². The number of nitrogens with zero attached hydrogens (tertiary/aromatic N) is 1. The normalized spacial score (nSPS) is 16.2. The molecule has 0 bridgehead atoms. The highest BCUT2D eigenvalue weighted by atomic mass is 19.2. The molecule has 0 radical (unpaired) electrons. The second-order valence-corrected chi connectivity index (χ2v) is 6.61. The van der Waals surface area contributed by atoms with Gasteiger partial charge >= 0.3 is 0 Å². The molecule has 1 N–H and O–H groups in total. The Morgan fingerprint density at radius 1 is 1.00 bits per heavy atom. The zero-order valence-corrected chi connectivity index (χ0v) is 16.3. The van der Waals surface area contributed by atoms with Crippen molar-refractivity contribution in [3.8, 4) is 0 Å².